The number of ether oxygens (including phenoxy) is 2. The Morgan fingerprint density at radius 2 is 2.47 bits per heavy atom. The van der Waals surface area contributed by atoms with E-state index in [9.17, 15) is 0 Å². The first-order chi connectivity index (χ1) is 7.28. The van der Waals surface area contributed by atoms with Gasteiger partial charge in [0.05, 0.1) is 24.6 Å². The summed E-state index contributed by atoms with van der Waals surface area (Å²) in [5.74, 6) is 0.833. The van der Waals surface area contributed by atoms with Gasteiger partial charge in [0.15, 0.2) is 5.75 Å². The van der Waals surface area contributed by atoms with E-state index in [4.69, 9.17) is 9.47 Å². The fraction of sp³-hybridized carbons (Fsp3) is 0.727. The van der Waals surface area contributed by atoms with Crippen molar-refractivity contribution in [3.05, 3.63) is 12.4 Å². The fourth-order valence-electron chi connectivity index (χ4n) is 1.79. The van der Waals surface area contributed by atoms with E-state index in [1.165, 1.54) is 0 Å². The summed E-state index contributed by atoms with van der Waals surface area (Å²) in [6.45, 7) is 5.67. The molecule has 0 amide bonds. The molecule has 2 rings (SSSR count). The molecular weight excluding hydrogens is 192 g/mol. The van der Waals surface area contributed by atoms with Gasteiger partial charge < -0.3 is 9.47 Å². The molecule has 1 fully saturated rings. The summed E-state index contributed by atoms with van der Waals surface area (Å²) in [7, 11) is 0. The number of rotatable bonds is 4. The Morgan fingerprint density at radius 3 is 3.07 bits per heavy atom. The Hall–Kier alpha value is -1.03. The molecule has 2 unspecified atom stereocenters. The van der Waals surface area contributed by atoms with Gasteiger partial charge in [0, 0.05) is 6.54 Å². The number of hydrogen-bond donors (Lipinski definition) is 0. The summed E-state index contributed by atoms with van der Waals surface area (Å²) in [6.07, 6.45) is 6.55. The lowest BCUT2D eigenvalue weighted by molar-refractivity contribution is 0.0264. The van der Waals surface area contributed by atoms with Gasteiger partial charge in [0.2, 0.25) is 0 Å². The van der Waals surface area contributed by atoms with E-state index in [2.05, 4.69) is 18.9 Å². The molecule has 2 atom stereocenters. The normalized spacial score (nSPS) is 25.7. The number of aryl methyl sites for hydroxylation is 1. The van der Waals surface area contributed by atoms with Gasteiger partial charge in [-0.1, -0.05) is 0 Å². The Bertz CT molecular complexity index is 311. The zero-order chi connectivity index (χ0) is 10.7. The summed E-state index contributed by atoms with van der Waals surface area (Å²) >= 11 is 0. The second kappa shape index (κ2) is 4.66. The molecule has 0 saturated carbocycles. The van der Waals surface area contributed by atoms with E-state index >= 15 is 0 Å². The maximum Gasteiger partial charge on any atom is 0.157 e. The van der Waals surface area contributed by atoms with E-state index < -0.39 is 0 Å². The van der Waals surface area contributed by atoms with E-state index in [-0.39, 0.29) is 6.10 Å². The summed E-state index contributed by atoms with van der Waals surface area (Å²) in [5.41, 5.74) is 0. The topological polar surface area (TPSA) is 36.3 Å². The van der Waals surface area contributed by atoms with Crippen molar-refractivity contribution in [1.29, 1.82) is 0 Å². The first-order valence-electron chi connectivity index (χ1n) is 5.58. The van der Waals surface area contributed by atoms with Crippen LogP contribution >= 0.6 is 0 Å². The van der Waals surface area contributed by atoms with Crippen LogP contribution in [-0.4, -0.2) is 28.6 Å². The molecule has 0 aliphatic carbocycles. The fourth-order valence-corrected chi connectivity index (χ4v) is 1.79. The maximum absolute atomic E-state index is 5.66. The van der Waals surface area contributed by atoms with Crippen molar-refractivity contribution in [2.45, 2.75) is 45.4 Å². The van der Waals surface area contributed by atoms with Gasteiger partial charge in [-0.2, -0.15) is 5.10 Å². The molecular formula is C11H18N2O2. The summed E-state index contributed by atoms with van der Waals surface area (Å²) in [4.78, 5) is 0. The van der Waals surface area contributed by atoms with E-state index in [0.717, 1.165) is 25.1 Å². The SMILES string of the molecule is CCn1cc(OCC2CCC(C)O2)cn1. The van der Waals surface area contributed by atoms with Crippen LogP contribution in [0.3, 0.4) is 0 Å². The van der Waals surface area contributed by atoms with Gasteiger partial charge in [-0.25, -0.2) is 0 Å². The van der Waals surface area contributed by atoms with Gasteiger partial charge in [-0.05, 0) is 26.7 Å². The molecule has 4 heteroatoms. The second-order valence-corrected chi connectivity index (χ2v) is 3.99. The van der Waals surface area contributed by atoms with Crippen LogP contribution < -0.4 is 4.74 Å². The van der Waals surface area contributed by atoms with Crippen LogP contribution in [0.2, 0.25) is 0 Å². The zero-order valence-electron chi connectivity index (χ0n) is 9.35. The van der Waals surface area contributed by atoms with Crippen molar-refractivity contribution in [2.75, 3.05) is 6.61 Å². The van der Waals surface area contributed by atoms with Crippen LogP contribution in [0.15, 0.2) is 12.4 Å². The molecule has 84 valence electrons. The Kier molecular flexibility index (Phi) is 3.26. The number of aromatic nitrogens is 2. The highest BCUT2D eigenvalue weighted by Gasteiger charge is 2.22. The predicted octanol–water partition coefficient (Wildman–Crippen LogP) is 1.85. The molecule has 0 radical (unpaired) electrons. The maximum atomic E-state index is 5.66. The minimum atomic E-state index is 0.255. The highest BCUT2D eigenvalue weighted by atomic mass is 16.5. The van der Waals surface area contributed by atoms with Gasteiger partial charge in [0.1, 0.15) is 6.61 Å². The van der Waals surface area contributed by atoms with Crippen molar-refractivity contribution in [1.82, 2.24) is 9.78 Å². The predicted molar refractivity (Wildman–Crippen MR) is 57.0 cm³/mol. The molecule has 0 bridgehead atoms. The van der Waals surface area contributed by atoms with Crippen molar-refractivity contribution >= 4 is 0 Å². The first-order valence-corrected chi connectivity index (χ1v) is 5.58. The molecule has 1 aliphatic rings. The molecule has 15 heavy (non-hydrogen) atoms. The third-order valence-corrected chi connectivity index (χ3v) is 2.69. The minimum Gasteiger partial charge on any atom is -0.488 e. The average molecular weight is 210 g/mol. The van der Waals surface area contributed by atoms with Crippen LogP contribution in [0, 0.1) is 0 Å². The molecule has 0 spiro atoms. The first kappa shape index (κ1) is 10.5. The largest absolute Gasteiger partial charge is 0.488 e. The molecule has 1 saturated heterocycles. The van der Waals surface area contributed by atoms with Crippen LogP contribution in [-0.2, 0) is 11.3 Å². The van der Waals surface area contributed by atoms with Crippen LogP contribution in [0.25, 0.3) is 0 Å². The highest BCUT2D eigenvalue weighted by molar-refractivity contribution is 5.11. The lowest BCUT2D eigenvalue weighted by atomic mass is 10.2. The third-order valence-electron chi connectivity index (χ3n) is 2.69. The van der Waals surface area contributed by atoms with E-state index in [1.807, 2.05) is 10.9 Å². The number of nitrogens with zero attached hydrogens (tertiary/aromatic N) is 2. The Balaban J connectivity index is 1.77. The average Bonchev–Trinajstić information content (AvgIpc) is 2.83. The van der Waals surface area contributed by atoms with Crippen LogP contribution in [0.4, 0.5) is 0 Å². The molecule has 1 aromatic rings. The molecule has 0 aromatic carbocycles. The molecule has 0 N–H and O–H groups in total. The van der Waals surface area contributed by atoms with Gasteiger partial charge in [-0.15, -0.1) is 0 Å². The minimum absolute atomic E-state index is 0.255. The molecule has 1 aromatic heterocycles. The van der Waals surface area contributed by atoms with Crippen molar-refractivity contribution in [2.24, 2.45) is 0 Å². The molecule has 1 aliphatic heterocycles. The monoisotopic (exact) mass is 210 g/mol. The smallest absolute Gasteiger partial charge is 0.157 e. The second-order valence-electron chi connectivity index (χ2n) is 3.99. The lowest BCUT2D eigenvalue weighted by Gasteiger charge is -2.11. The summed E-state index contributed by atoms with van der Waals surface area (Å²) < 4.78 is 13.1. The third kappa shape index (κ3) is 2.72. The van der Waals surface area contributed by atoms with Crippen molar-refractivity contribution in [3.8, 4) is 5.75 Å². The van der Waals surface area contributed by atoms with E-state index in [1.54, 1.807) is 6.20 Å². The Morgan fingerprint density at radius 1 is 1.60 bits per heavy atom. The quantitative estimate of drug-likeness (QED) is 0.761. The lowest BCUT2D eigenvalue weighted by Crippen LogP contribution is -2.17. The van der Waals surface area contributed by atoms with Crippen molar-refractivity contribution < 1.29 is 9.47 Å². The van der Waals surface area contributed by atoms with Crippen molar-refractivity contribution in [3.63, 3.8) is 0 Å². The van der Waals surface area contributed by atoms with E-state index in [0.29, 0.717) is 12.7 Å². The Labute approximate surface area is 90.2 Å². The number of hydrogen-bond acceptors (Lipinski definition) is 3. The van der Waals surface area contributed by atoms with Gasteiger partial charge >= 0.3 is 0 Å². The molecule has 4 nitrogen and oxygen atoms in total. The highest BCUT2D eigenvalue weighted by Crippen LogP contribution is 2.20. The van der Waals surface area contributed by atoms with Crippen LogP contribution in [0.5, 0.6) is 5.75 Å². The van der Waals surface area contributed by atoms with Gasteiger partial charge in [-0.3, -0.25) is 4.68 Å². The van der Waals surface area contributed by atoms with Crippen LogP contribution in [0.1, 0.15) is 26.7 Å². The van der Waals surface area contributed by atoms with Gasteiger partial charge in [0.25, 0.3) is 0 Å². The summed E-state index contributed by atoms with van der Waals surface area (Å²) in [5, 5.41) is 4.15. The zero-order valence-corrected chi connectivity index (χ0v) is 9.35. The molecule has 2 heterocycles. The standard InChI is InChI=1S/C11H18N2O2/c1-3-13-7-11(6-12-13)14-8-10-5-4-9(2)15-10/h6-7,9-10H,3-5,8H2,1-2H3. The summed E-state index contributed by atoms with van der Waals surface area (Å²) in [6, 6.07) is 0.